The molecule has 1 aromatic rings. The fraction of sp³-hybridized carbons (Fsp3) is 0.583. The monoisotopic (exact) mass is 288 g/mol. The van der Waals surface area contributed by atoms with Gasteiger partial charge in [0, 0.05) is 7.11 Å². The van der Waals surface area contributed by atoms with Gasteiger partial charge in [0.2, 0.25) is 20.7 Å². The molecular formula is C12H16O6S. The Labute approximate surface area is 111 Å². The summed E-state index contributed by atoms with van der Waals surface area (Å²) in [4.78, 5) is 10.7. The Bertz CT molecular complexity index is 559. The van der Waals surface area contributed by atoms with Crippen LogP contribution in [0.15, 0.2) is 21.6 Å². The second-order valence-corrected chi connectivity index (χ2v) is 6.77. The molecule has 2 atom stereocenters. The lowest BCUT2D eigenvalue weighted by Gasteiger charge is -2.27. The molecule has 2 rings (SSSR count). The SMILES string of the molecule is COC1CCCC(S(=O)(=O)c2ccc(C(=O)O)o2)C1. The van der Waals surface area contributed by atoms with E-state index >= 15 is 0 Å². The summed E-state index contributed by atoms with van der Waals surface area (Å²) in [5.74, 6) is -1.64. The Morgan fingerprint density at radius 3 is 2.74 bits per heavy atom. The van der Waals surface area contributed by atoms with E-state index in [-0.39, 0.29) is 17.0 Å². The maximum atomic E-state index is 12.3. The fourth-order valence-electron chi connectivity index (χ4n) is 2.35. The highest BCUT2D eigenvalue weighted by molar-refractivity contribution is 7.91. The van der Waals surface area contributed by atoms with E-state index in [2.05, 4.69) is 0 Å². The largest absolute Gasteiger partial charge is 0.475 e. The summed E-state index contributed by atoms with van der Waals surface area (Å²) in [6.07, 6.45) is 2.52. The van der Waals surface area contributed by atoms with E-state index < -0.39 is 21.1 Å². The van der Waals surface area contributed by atoms with Crippen LogP contribution in [0.25, 0.3) is 0 Å². The number of sulfone groups is 1. The van der Waals surface area contributed by atoms with Crippen LogP contribution >= 0.6 is 0 Å². The first-order valence-corrected chi connectivity index (χ1v) is 7.59. The third-order valence-electron chi connectivity index (χ3n) is 3.42. The van der Waals surface area contributed by atoms with Crippen LogP contribution in [0.4, 0.5) is 0 Å². The van der Waals surface area contributed by atoms with Gasteiger partial charge in [-0.3, -0.25) is 0 Å². The third-order valence-corrected chi connectivity index (χ3v) is 5.51. The van der Waals surface area contributed by atoms with Crippen molar-refractivity contribution in [1.29, 1.82) is 0 Å². The van der Waals surface area contributed by atoms with Crippen LogP contribution in [-0.4, -0.2) is 38.0 Å². The highest BCUT2D eigenvalue weighted by Crippen LogP contribution is 2.30. The lowest BCUT2D eigenvalue weighted by atomic mass is 9.97. The maximum Gasteiger partial charge on any atom is 0.371 e. The summed E-state index contributed by atoms with van der Waals surface area (Å²) >= 11 is 0. The van der Waals surface area contributed by atoms with Gasteiger partial charge >= 0.3 is 5.97 Å². The summed E-state index contributed by atoms with van der Waals surface area (Å²) in [6.45, 7) is 0. The van der Waals surface area contributed by atoms with Gasteiger partial charge in [0.15, 0.2) is 0 Å². The van der Waals surface area contributed by atoms with Crippen LogP contribution in [0.3, 0.4) is 0 Å². The number of carboxylic acid groups (broad SMARTS) is 1. The lowest BCUT2D eigenvalue weighted by molar-refractivity contribution is 0.0654. The highest BCUT2D eigenvalue weighted by atomic mass is 32.2. The number of furan rings is 1. The van der Waals surface area contributed by atoms with Gasteiger partial charge in [0.1, 0.15) is 0 Å². The highest BCUT2D eigenvalue weighted by Gasteiger charge is 2.35. The predicted molar refractivity (Wildman–Crippen MR) is 65.9 cm³/mol. The Morgan fingerprint density at radius 1 is 1.42 bits per heavy atom. The van der Waals surface area contributed by atoms with Gasteiger partial charge in [0.05, 0.1) is 11.4 Å². The second kappa shape index (κ2) is 5.34. The molecule has 0 aliphatic heterocycles. The predicted octanol–water partition coefficient (Wildman–Crippen LogP) is 1.71. The van der Waals surface area contributed by atoms with Gasteiger partial charge in [0.25, 0.3) is 0 Å². The first kappa shape index (κ1) is 14.1. The van der Waals surface area contributed by atoms with Crippen molar-refractivity contribution in [2.75, 3.05) is 7.11 Å². The Balaban J connectivity index is 2.23. The van der Waals surface area contributed by atoms with Crippen LogP contribution in [0.5, 0.6) is 0 Å². The van der Waals surface area contributed by atoms with Crippen molar-refractivity contribution in [2.45, 2.75) is 42.1 Å². The van der Waals surface area contributed by atoms with E-state index in [9.17, 15) is 13.2 Å². The van der Waals surface area contributed by atoms with Gasteiger partial charge in [-0.25, -0.2) is 13.2 Å². The average molecular weight is 288 g/mol. The van der Waals surface area contributed by atoms with E-state index in [1.807, 2.05) is 0 Å². The molecular weight excluding hydrogens is 272 g/mol. The molecule has 7 heteroatoms. The van der Waals surface area contributed by atoms with Crippen LogP contribution < -0.4 is 0 Å². The minimum absolute atomic E-state index is 0.0672. The van der Waals surface area contributed by atoms with Gasteiger partial charge < -0.3 is 14.3 Å². The molecule has 0 amide bonds. The molecule has 6 nitrogen and oxygen atoms in total. The average Bonchev–Trinajstić information content (AvgIpc) is 2.89. The minimum atomic E-state index is -3.63. The fourth-order valence-corrected chi connectivity index (χ4v) is 4.09. The molecule has 106 valence electrons. The molecule has 0 radical (unpaired) electrons. The van der Waals surface area contributed by atoms with Crippen molar-refractivity contribution in [2.24, 2.45) is 0 Å². The summed E-state index contributed by atoms with van der Waals surface area (Å²) < 4.78 is 34.8. The lowest BCUT2D eigenvalue weighted by Crippen LogP contribution is -2.31. The molecule has 1 aliphatic rings. The zero-order chi connectivity index (χ0) is 14.0. The number of carbonyl (C=O) groups is 1. The Morgan fingerprint density at radius 2 is 2.16 bits per heavy atom. The standard InChI is InChI=1S/C12H16O6S/c1-17-8-3-2-4-9(7-8)19(15,16)11-6-5-10(18-11)12(13)14/h5-6,8-9H,2-4,7H2,1H3,(H,13,14). The molecule has 1 N–H and O–H groups in total. The second-order valence-electron chi connectivity index (χ2n) is 4.62. The van der Waals surface area contributed by atoms with Gasteiger partial charge in [-0.15, -0.1) is 0 Å². The van der Waals surface area contributed by atoms with Crippen molar-refractivity contribution in [3.05, 3.63) is 17.9 Å². The zero-order valence-corrected chi connectivity index (χ0v) is 11.4. The van der Waals surface area contributed by atoms with E-state index in [0.717, 1.165) is 18.9 Å². The van der Waals surface area contributed by atoms with Crippen LogP contribution in [0, 0.1) is 0 Å². The minimum Gasteiger partial charge on any atom is -0.475 e. The smallest absolute Gasteiger partial charge is 0.371 e. The number of hydrogen-bond donors (Lipinski definition) is 1. The molecule has 0 aromatic carbocycles. The van der Waals surface area contributed by atoms with E-state index in [1.54, 1.807) is 7.11 Å². The van der Waals surface area contributed by atoms with Crippen LogP contribution in [0.1, 0.15) is 36.2 Å². The molecule has 19 heavy (non-hydrogen) atoms. The summed E-state index contributed by atoms with van der Waals surface area (Å²) in [5.41, 5.74) is 0. The van der Waals surface area contributed by atoms with E-state index in [4.69, 9.17) is 14.3 Å². The first-order chi connectivity index (χ1) is 8.95. The van der Waals surface area contributed by atoms with Crippen molar-refractivity contribution >= 4 is 15.8 Å². The Hall–Kier alpha value is -1.34. The molecule has 0 bridgehead atoms. The van der Waals surface area contributed by atoms with Gasteiger partial charge in [-0.05, 0) is 37.8 Å². The maximum absolute atomic E-state index is 12.3. The van der Waals surface area contributed by atoms with Crippen LogP contribution in [-0.2, 0) is 14.6 Å². The number of ether oxygens (including phenoxy) is 1. The van der Waals surface area contributed by atoms with Crippen molar-refractivity contribution in [3.63, 3.8) is 0 Å². The zero-order valence-electron chi connectivity index (χ0n) is 10.5. The molecule has 0 spiro atoms. The Kier molecular flexibility index (Phi) is 3.96. The number of aromatic carboxylic acids is 1. The van der Waals surface area contributed by atoms with Crippen molar-refractivity contribution in [1.82, 2.24) is 0 Å². The normalized spacial score (nSPS) is 24.3. The summed E-state index contributed by atoms with van der Waals surface area (Å²) in [5, 5.41) is 7.90. The molecule has 1 heterocycles. The van der Waals surface area contributed by atoms with Gasteiger partial charge in [-0.2, -0.15) is 0 Å². The summed E-state index contributed by atoms with van der Waals surface area (Å²) in [7, 11) is -2.06. The molecule has 1 fully saturated rings. The number of methoxy groups -OCH3 is 1. The molecule has 0 saturated heterocycles. The summed E-state index contributed by atoms with van der Waals surface area (Å²) in [6, 6.07) is 2.36. The quantitative estimate of drug-likeness (QED) is 0.906. The number of rotatable bonds is 4. The molecule has 1 aromatic heterocycles. The van der Waals surface area contributed by atoms with Crippen LogP contribution in [0.2, 0.25) is 0 Å². The molecule has 1 saturated carbocycles. The van der Waals surface area contributed by atoms with Gasteiger partial charge in [-0.1, -0.05) is 0 Å². The van der Waals surface area contributed by atoms with Crippen molar-refractivity contribution < 1.29 is 27.5 Å². The number of carboxylic acids is 1. The number of hydrogen-bond acceptors (Lipinski definition) is 5. The van der Waals surface area contributed by atoms with E-state index in [0.29, 0.717) is 12.8 Å². The molecule has 2 unspecified atom stereocenters. The van der Waals surface area contributed by atoms with E-state index in [1.165, 1.54) is 6.07 Å². The third kappa shape index (κ3) is 2.82. The van der Waals surface area contributed by atoms with Crippen molar-refractivity contribution in [3.8, 4) is 0 Å². The topological polar surface area (TPSA) is 93.8 Å². The molecule has 1 aliphatic carbocycles. The first-order valence-electron chi connectivity index (χ1n) is 6.05.